The molecular weight excluding hydrogens is 534 g/mol. The molecule has 8 nitrogen and oxygen atoms in total. The average molecular weight is 573 g/mol. The fourth-order valence-corrected chi connectivity index (χ4v) is 6.09. The summed E-state index contributed by atoms with van der Waals surface area (Å²) < 4.78 is 32.1. The number of anilines is 2. The maximum atomic E-state index is 15.2. The molecule has 0 bridgehead atoms. The summed E-state index contributed by atoms with van der Waals surface area (Å²) in [5, 5.41) is 3.13. The van der Waals surface area contributed by atoms with Gasteiger partial charge in [-0.05, 0) is 64.3 Å². The summed E-state index contributed by atoms with van der Waals surface area (Å²) in [6.07, 6.45) is 4.18. The van der Waals surface area contributed by atoms with E-state index in [1.54, 1.807) is 6.07 Å². The number of aryl methyl sites for hydroxylation is 1. The van der Waals surface area contributed by atoms with Gasteiger partial charge in [0.1, 0.15) is 22.9 Å². The predicted octanol–water partition coefficient (Wildman–Crippen LogP) is 5.98. The molecule has 10 heteroatoms. The Balaban J connectivity index is 1.18. The van der Waals surface area contributed by atoms with Crippen LogP contribution in [0.5, 0.6) is 0 Å². The van der Waals surface area contributed by atoms with E-state index in [0.717, 1.165) is 70.4 Å². The van der Waals surface area contributed by atoms with E-state index in [0.29, 0.717) is 22.7 Å². The highest BCUT2D eigenvalue weighted by Gasteiger charge is 2.24. The summed E-state index contributed by atoms with van der Waals surface area (Å²) in [6.45, 7) is 18.2. The minimum absolute atomic E-state index is 0.0132. The van der Waals surface area contributed by atoms with Crippen LogP contribution in [-0.4, -0.2) is 67.0 Å². The molecule has 0 radical (unpaired) electrons. The lowest BCUT2D eigenvalue weighted by Crippen LogP contribution is -2.40. The number of piperidine rings is 1. The number of likely N-dealkylation sites (tertiary alicyclic amines) is 1. The van der Waals surface area contributed by atoms with Crippen molar-refractivity contribution in [1.82, 2.24) is 34.3 Å². The maximum Gasteiger partial charge on any atom is 0.229 e. The Kier molecular flexibility index (Phi) is 7.53. The van der Waals surface area contributed by atoms with Gasteiger partial charge in [-0.2, -0.15) is 0 Å². The van der Waals surface area contributed by atoms with E-state index in [2.05, 4.69) is 42.7 Å². The van der Waals surface area contributed by atoms with Crippen LogP contribution < -0.4 is 5.32 Å². The van der Waals surface area contributed by atoms with Crippen molar-refractivity contribution in [2.24, 2.45) is 0 Å². The summed E-state index contributed by atoms with van der Waals surface area (Å²) >= 11 is 0. The number of imidazole rings is 1. The van der Waals surface area contributed by atoms with Crippen molar-refractivity contribution < 1.29 is 8.78 Å². The highest BCUT2D eigenvalue weighted by Crippen LogP contribution is 2.32. The summed E-state index contributed by atoms with van der Waals surface area (Å²) in [5.74, 6) is 0.325. The maximum absolute atomic E-state index is 15.2. The Morgan fingerprint density at radius 2 is 1.67 bits per heavy atom. The number of hydrogen-bond donors (Lipinski definition) is 1. The Morgan fingerprint density at radius 3 is 2.43 bits per heavy atom. The molecular formula is C32H38F2N8. The molecule has 6 rings (SSSR count). The van der Waals surface area contributed by atoms with Gasteiger partial charge in [0.2, 0.25) is 5.95 Å². The zero-order valence-corrected chi connectivity index (χ0v) is 24.8. The number of rotatable bonds is 6. The number of hydrogen-bond acceptors (Lipinski definition) is 7. The SMILES string of the molecule is C=C1CCN(CCN2CCc3nc(Nc4ncc(F)c(-c5cc(F)c6nc(C)n(C(C)(C)C)c6c5)n4)ccc3C2)CC1. The van der Waals surface area contributed by atoms with Gasteiger partial charge >= 0.3 is 0 Å². The fraction of sp³-hybridized carbons (Fsp3) is 0.438. The van der Waals surface area contributed by atoms with Gasteiger partial charge in [0.05, 0.1) is 11.7 Å². The molecule has 0 amide bonds. The second-order valence-corrected chi connectivity index (χ2v) is 12.4. The molecule has 0 spiro atoms. The number of benzene rings is 1. The van der Waals surface area contributed by atoms with E-state index in [4.69, 9.17) is 4.98 Å². The van der Waals surface area contributed by atoms with Gasteiger partial charge in [-0.3, -0.25) is 4.90 Å². The van der Waals surface area contributed by atoms with Gasteiger partial charge in [-0.15, -0.1) is 0 Å². The minimum atomic E-state index is -0.633. The summed E-state index contributed by atoms with van der Waals surface area (Å²) in [5.41, 5.74) is 4.48. The van der Waals surface area contributed by atoms with E-state index in [9.17, 15) is 0 Å². The van der Waals surface area contributed by atoms with E-state index >= 15 is 8.78 Å². The largest absolute Gasteiger partial charge is 0.323 e. The molecule has 0 saturated carbocycles. The molecule has 5 heterocycles. The molecule has 42 heavy (non-hydrogen) atoms. The van der Waals surface area contributed by atoms with Crippen LogP contribution in [0.4, 0.5) is 20.5 Å². The van der Waals surface area contributed by atoms with Gasteiger partial charge in [0.15, 0.2) is 11.6 Å². The molecule has 220 valence electrons. The summed E-state index contributed by atoms with van der Waals surface area (Å²) in [7, 11) is 0. The molecule has 1 N–H and O–H groups in total. The third kappa shape index (κ3) is 5.78. The number of pyridine rings is 1. The van der Waals surface area contributed by atoms with Crippen molar-refractivity contribution in [2.75, 3.05) is 38.0 Å². The van der Waals surface area contributed by atoms with Gasteiger partial charge in [-0.25, -0.2) is 28.7 Å². The fourth-order valence-electron chi connectivity index (χ4n) is 6.09. The monoisotopic (exact) mass is 572 g/mol. The lowest BCUT2D eigenvalue weighted by atomic mass is 10.0. The molecule has 3 aromatic heterocycles. The quantitative estimate of drug-likeness (QED) is 0.285. The first-order chi connectivity index (χ1) is 20.0. The molecule has 1 saturated heterocycles. The molecule has 2 aliphatic heterocycles. The molecule has 1 fully saturated rings. The summed E-state index contributed by atoms with van der Waals surface area (Å²) in [4.78, 5) is 22.8. The van der Waals surface area contributed by atoms with Crippen LogP contribution in [0.3, 0.4) is 0 Å². The van der Waals surface area contributed by atoms with Gasteiger partial charge in [-0.1, -0.05) is 18.2 Å². The average Bonchev–Trinajstić information content (AvgIpc) is 3.30. The zero-order chi connectivity index (χ0) is 29.6. The van der Waals surface area contributed by atoms with E-state index in [-0.39, 0.29) is 22.7 Å². The number of nitrogens with one attached hydrogen (secondary N) is 1. The smallest absolute Gasteiger partial charge is 0.229 e. The van der Waals surface area contributed by atoms with Crippen molar-refractivity contribution in [3.63, 3.8) is 0 Å². The van der Waals surface area contributed by atoms with Crippen LogP contribution in [0.15, 0.2) is 42.6 Å². The molecule has 0 atom stereocenters. The number of aromatic nitrogens is 5. The standard InChI is InChI=1S/C32H38F2N8/c1-20-8-11-40(12-9-20)14-15-41-13-10-26-22(19-41)6-7-28(37-26)38-31-35-18-25(34)29(39-31)23-16-24(33)30-27(17-23)42(21(2)36-30)32(3,4)5/h6-7,16-18H,1,8-15,19H2,2-5H3,(H,35,37,38,39). The van der Waals surface area contributed by atoms with Crippen LogP contribution in [0.2, 0.25) is 0 Å². The van der Waals surface area contributed by atoms with E-state index < -0.39 is 11.6 Å². The number of fused-ring (bicyclic) bond motifs is 2. The first-order valence-corrected chi connectivity index (χ1v) is 14.6. The van der Waals surface area contributed by atoms with Gasteiger partial charge < -0.3 is 14.8 Å². The Hall–Kier alpha value is -3.76. The minimum Gasteiger partial charge on any atom is -0.323 e. The van der Waals surface area contributed by atoms with Crippen molar-refractivity contribution in [3.05, 3.63) is 71.3 Å². The third-order valence-corrected chi connectivity index (χ3v) is 8.23. The molecule has 4 aromatic rings. The van der Waals surface area contributed by atoms with E-state index in [1.807, 2.05) is 38.3 Å². The second kappa shape index (κ2) is 11.1. The Labute approximate surface area is 245 Å². The van der Waals surface area contributed by atoms with E-state index in [1.165, 1.54) is 17.2 Å². The van der Waals surface area contributed by atoms with Crippen molar-refractivity contribution >= 4 is 22.8 Å². The Morgan fingerprint density at radius 1 is 0.929 bits per heavy atom. The van der Waals surface area contributed by atoms with Crippen molar-refractivity contribution in [3.8, 4) is 11.3 Å². The number of halogens is 2. The first-order valence-electron chi connectivity index (χ1n) is 14.6. The molecule has 1 aromatic carbocycles. The Bertz CT molecular complexity index is 1640. The van der Waals surface area contributed by atoms with Crippen LogP contribution in [0.1, 0.15) is 50.7 Å². The molecule has 0 unspecified atom stereocenters. The zero-order valence-electron chi connectivity index (χ0n) is 24.8. The first kappa shape index (κ1) is 28.4. The second-order valence-electron chi connectivity index (χ2n) is 12.4. The van der Waals surface area contributed by atoms with Crippen LogP contribution in [0, 0.1) is 18.6 Å². The molecule has 2 aliphatic rings. The molecule has 0 aliphatic carbocycles. The van der Waals surface area contributed by atoms with Crippen LogP contribution in [-0.2, 0) is 18.5 Å². The highest BCUT2D eigenvalue weighted by atomic mass is 19.1. The number of nitrogens with zero attached hydrogens (tertiary/aromatic N) is 7. The predicted molar refractivity (Wildman–Crippen MR) is 162 cm³/mol. The normalized spacial score (nSPS) is 16.7. The summed E-state index contributed by atoms with van der Waals surface area (Å²) in [6, 6.07) is 7.01. The third-order valence-electron chi connectivity index (χ3n) is 8.23. The topological polar surface area (TPSA) is 75.0 Å². The van der Waals surface area contributed by atoms with Gasteiger partial charge in [0, 0.05) is 62.5 Å². The van der Waals surface area contributed by atoms with Crippen LogP contribution >= 0.6 is 0 Å². The van der Waals surface area contributed by atoms with Crippen molar-refractivity contribution in [2.45, 2.75) is 59.0 Å². The van der Waals surface area contributed by atoms with Gasteiger partial charge in [0.25, 0.3) is 0 Å². The van der Waals surface area contributed by atoms with Crippen LogP contribution in [0.25, 0.3) is 22.3 Å². The lowest BCUT2D eigenvalue weighted by molar-refractivity contribution is 0.185. The highest BCUT2D eigenvalue weighted by molar-refractivity contribution is 5.83. The lowest BCUT2D eigenvalue weighted by Gasteiger charge is -2.33. The van der Waals surface area contributed by atoms with Crippen molar-refractivity contribution in [1.29, 1.82) is 0 Å².